The van der Waals surface area contributed by atoms with Crippen LogP contribution in [-0.2, 0) is 18.3 Å². The van der Waals surface area contributed by atoms with Crippen LogP contribution in [-0.4, -0.2) is 15.0 Å². The van der Waals surface area contributed by atoms with Crippen LogP contribution >= 0.6 is 11.9 Å². The van der Waals surface area contributed by atoms with Crippen LogP contribution in [0.25, 0.3) is 0 Å². The fourth-order valence-corrected chi connectivity index (χ4v) is 0.597. The van der Waals surface area contributed by atoms with Gasteiger partial charge in [0.1, 0.15) is 0 Å². The highest BCUT2D eigenvalue weighted by Crippen LogP contribution is 1.96. The largest absolute Gasteiger partial charge is 0.416 e. The van der Waals surface area contributed by atoms with Crippen molar-refractivity contribution in [1.82, 2.24) is 0 Å². The molecule has 0 bridgehead atoms. The molecule has 0 aromatic carbocycles. The first-order chi connectivity index (χ1) is 3.62. The summed E-state index contributed by atoms with van der Waals surface area (Å²) >= 11 is 4.46. The van der Waals surface area contributed by atoms with E-state index in [1.54, 1.807) is 0 Å². The maximum Gasteiger partial charge on any atom is 0.416 e. The third kappa shape index (κ3) is 3.20. The molecule has 0 aliphatic carbocycles. The van der Waals surface area contributed by atoms with Crippen molar-refractivity contribution >= 4 is 22.3 Å². The summed E-state index contributed by atoms with van der Waals surface area (Å²) in [6, 6.07) is 0. The lowest BCUT2D eigenvalue weighted by Crippen LogP contribution is -2.03. The molecule has 0 saturated heterocycles. The van der Waals surface area contributed by atoms with E-state index in [2.05, 4.69) is 19.8 Å². The van der Waals surface area contributed by atoms with E-state index in [9.17, 15) is 8.42 Å². The Morgan fingerprint density at radius 3 is 2.25 bits per heavy atom. The molecule has 0 fully saturated rings. The predicted octanol–water partition coefficient (Wildman–Crippen LogP) is 0.438. The van der Waals surface area contributed by atoms with Gasteiger partial charge in [0.25, 0.3) is 0 Å². The zero-order valence-electron chi connectivity index (χ0n) is 4.13. The highest BCUT2D eigenvalue weighted by atomic mass is 35.5. The SMILES string of the molecule is CCOS(=O)(=O)OCl. The van der Waals surface area contributed by atoms with Gasteiger partial charge >= 0.3 is 10.4 Å². The molecule has 0 heterocycles. The van der Waals surface area contributed by atoms with Crippen molar-refractivity contribution in [3.8, 4) is 0 Å². The molecule has 0 aliphatic rings. The van der Waals surface area contributed by atoms with Gasteiger partial charge in [-0.15, -0.1) is 3.74 Å². The van der Waals surface area contributed by atoms with Gasteiger partial charge in [-0.25, -0.2) is 4.18 Å². The first-order valence-electron chi connectivity index (χ1n) is 1.82. The molecular formula is C2H5ClO4S. The van der Waals surface area contributed by atoms with E-state index in [4.69, 9.17) is 0 Å². The minimum atomic E-state index is -3.90. The molecule has 0 saturated carbocycles. The zero-order valence-corrected chi connectivity index (χ0v) is 5.70. The summed E-state index contributed by atoms with van der Waals surface area (Å²) in [5.74, 6) is 0. The number of hydrogen-bond donors (Lipinski definition) is 0. The first kappa shape index (κ1) is 8.16. The van der Waals surface area contributed by atoms with E-state index < -0.39 is 10.4 Å². The average Bonchev–Trinajstić information content (AvgIpc) is 1.67. The standard InChI is InChI=1S/C2H5ClO4S/c1-2-6-8(4,5)7-3/h2H2,1H3. The topological polar surface area (TPSA) is 52.6 Å². The third-order valence-electron chi connectivity index (χ3n) is 0.339. The molecule has 0 rings (SSSR count). The fourth-order valence-electron chi connectivity index (χ4n) is 0.163. The number of rotatable bonds is 3. The molecule has 50 valence electrons. The van der Waals surface area contributed by atoms with Crippen LogP contribution < -0.4 is 0 Å². The predicted molar refractivity (Wildman–Crippen MR) is 27.5 cm³/mol. The second-order valence-corrected chi connectivity index (χ2v) is 2.43. The van der Waals surface area contributed by atoms with Gasteiger partial charge in [0, 0.05) is 0 Å². The monoisotopic (exact) mass is 160 g/mol. The second kappa shape index (κ2) is 3.24. The third-order valence-corrected chi connectivity index (χ3v) is 1.48. The van der Waals surface area contributed by atoms with Crippen molar-refractivity contribution < 1.29 is 16.3 Å². The quantitative estimate of drug-likeness (QED) is 0.601. The molecule has 0 atom stereocenters. The molecule has 0 N–H and O–H groups in total. The van der Waals surface area contributed by atoms with Crippen LogP contribution in [0.1, 0.15) is 6.92 Å². The van der Waals surface area contributed by atoms with Crippen LogP contribution in [0.5, 0.6) is 0 Å². The summed E-state index contributed by atoms with van der Waals surface area (Å²) in [7, 11) is -3.90. The lowest BCUT2D eigenvalue weighted by molar-refractivity contribution is 0.294. The highest BCUT2D eigenvalue weighted by molar-refractivity contribution is 7.82. The molecule has 6 heteroatoms. The Kier molecular flexibility index (Phi) is 3.30. The van der Waals surface area contributed by atoms with E-state index in [0.29, 0.717) is 0 Å². The molecule has 0 aromatic rings. The Morgan fingerprint density at radius 1 is 1.62 bits per heavy atom. The Labute approximate surface area is 52.9 Å². The van der Waals surface area contributed by atoms with E-state index in [0.717, 1.165) is 0 Å². The Balaban J connectivity index is 3.76. The lowest BCUT2D eigenvalue weighted by atomic mass is 10.9. The van der Waals surface area contributed by atoms with Crippen LogP contribution in [0.15, 0.2) is 0 Å². The minimum absolute atomic E-state index is 0.0229. The molecule has 0 amide bonds. The molecule has 8 heavy (non-hydrogen) atoms. The van der Waals surface area contributed by atoms with Crippen molar-refractivity contribution in [2.75, 3.05) is 6.61 Å². The molecule has 0 aromatic heterocycles. The highest BCUT2D eigenvalue weighted by Gasteiger charge is 2.06. The van der Waals surface area contributed by atoms with Gasteiger partial charge in [-0.3, -0.25) is 0 Å². The van der Waals surface area contributed by atoms with Crippen molar-refractivity contribution in [2.24, 2.45) is 0 Å². The van der Waals surface area contributed by atoms with Gasteiger partial charge in [0.05, 0.1) is 18.5 Å². The summed E-state index contributed by atoms with van der Waals surface area (Å²) in [4.78, 5) is 0. The Hall–Kier alpha value is 0.160. The maximum absolute atomic E-state index is 10.0. The van der Waals surface area contributed by atoms with Gasteiger partial charge in [-0.1, -0.05) is 0 Å². The molecule has 0 radical (unpaired) electrons. The van der Waals surface area contributed by atoms with Crippen LogP contribution in [0.3, 0.4) is 0 Å². The first-order valence-corrected chi connectivity index (χ1v) is 3.46. The summed E-state index contributed by atoms with van der Waals surface area (Å²) in [6.45, 7) is 1.53. The summed E-state index contributed by atoms with van der Waals surface area (Å²) in [5, 5.41) is 0. The van der Waals surface area contributed by atoms with Crippen molar-refractivity contribution in [2.45, 2.75) is 6.92 Å². The van der Waals surface area contributed by atoms with Gasteiger partial charge < -0.3 is 0 Å². The van der Waals surface area contributed by atoms with Gasteiger partial charge in [-0.2, -0.15) is 8.42 Å². The minimum Gasteiger partial charge on any atom is -0.247 e. The van der Waals surface area contributed by atoms with E-state index >= 15 is 0 Å². The van der Waals surface area contributed by atoms with Gasteiger partial charge in [0.15, 0.2) is 0 Å². The molecule has 0 aliphatic heterocycles. The van der Waals surface area contributed by atoms with Gasteiger partial charge in [0.2, 0.25) is 0 Å². The maximum atomic E-state index is 10.0. The van der Waals surface area contributed by atoms with Crippen molar-refractivity contribution in [3.63, 3.8) is 0 Å². The van der Waals surface area contributed by atoms with Crippen molar-refractivity contribution in [1.29, 1.82) is 0 Å². The number of hydrogen-bond acceptors (Lipinski definition) is 4. The van der Waals surface area contributed by atoms with Crippen LogP contribution in [0.4, 0.5) is 0 Å². The molecule has 0 unspecified atom stereocenters. The summed E-state index contributed by atoms with van der Waals surface area (Å²) < 4.78 is 27.4. The Morgan fingerprint density at radius 2 is 2.12 bits per heavy atom. The van der Waals surface area contributed by atoms with E-state index in [-0.39, 0.29) is 6.61 Å². The van der Waals surface area contributed by atoms with Gasteiger partial charge in [-0.05, 0) is 6.92 Å². The molecular weight excluding hydrogens is 156 g/mol. The summed E-state index contributed by atoms with van der Waals surface area (Å²) in [6.07, 6.45) is 0. The van der Waals surface area contributed by atoms with Crippen LogP contribution in [0, 0.1) is 0 Å². The lowest BCUT2D eigenvalue weighted by Gasteiger charge is -1.93. The Bertz CT molecular complexity index is 138. The second-order valence-electron chi connectivity index (χ2n) is 0.878. The summed E-state index contributed by atoms with van der Waals surface area (Å²) in [5.41, 5.74) is 0. The normalized spacial score (nSPS) is 11.8. The van der Waals surface area contributed by atoms with Crippen molar-refractivity contribution in [3.05, 3.63) is 0 Å². The molecule has 0 spiro atoms. The molecule has 4 nitrogen and oxygen atoms in total. The zero-order chi connectivity index (χ0) is 6.62. The van der Waals surface area contributed by atoms with E-state index in [1.165, 1.54) is 6.92 Å². The fraction of sp³-hybridized carbons (Fsp3) is 1.00. The average molecular weight is 161 g/mol. The van der Waals surface area contributed by atoms with E-state index in [1.807, 2.05) is 0 Å². The van der Waals surface area contributed by atoms with Crippen LogP contribution in [0.2, 0.25) is 0 Å². The smallest absolute Gasteiger partial charge is 0.247 e. The number of halogens is 1.